The topological polar surface area (TPSA) is 61.8 Å². The normalized spacial score (nSPS) is 9.89. The Morgan fingerprint density at radius 3 is 2.32 bits per heavy atom. The smallest absolute Gasteiger partial charge is 0.341 e. The summed E-state index contributed by atoms with van der Waals surface area (Å²) < 4.78 is 14.5. The molecule has 0 radical (unpaired) electrons. The van der Waals surface area contributed by atoms with Gasteiger partial charge in [-0.3, -0.25) is 4.79 Å². The Morgan fingerprint density at radius 2 is 1.84 bits per heavy atom. The predicted octanol–water partition coefficient (Wildman–Crippen LogP) is 2.09. The number of carbonyl (C=O) groups excluding carboxylic acids is 2. The third-order valence-corrected chi connectivity index (χ3v) is 3.22. The van der Waals surface area contributed by atoms with Crippen LogP contribution in [0.4, 0.5) is 0 Å². The molecule has 1 rings (SSSR count). The number of halogens is 1. The second-order valence-corrected chi connectivity index (χ2v) is 4.27. The molecule has 0 aliphatic heterocycles. The van der Waals surface area contributed by atoms with E-state index in [1.54, 1.807) is 12.1 Å². The molecular weight excluding hydrogens is 316 g/mol. The third-order valence-electron chi connectivity index (χ3n) is 2.57. The van der Waals surface area contributed by atoms with Crippen LogP contribution in [0.5, 0.6) is 5.75 Å². The Morgan fingerprint density at radius 1 is 1.16 bits per heavy atom. The van der Waals surface area contributed by atoms with Crippen LogP contribution >= 0.6 is 15.9 Å². The molecule has 1 aromatic carbocycles. The monoisotopic (exact) mass is 330 g/mol. The van der Waals surface area contributed by atoms with Gasteiger partial charge in [0.1, 0.15) is 11.3 Å². The number of rotatable bonds is 5. The maximum Gasteiger partial charge on any atom is 0.341 e. The number of methoxy groups -OCH3 is 3. The second-order valence-electron chi connectivity index (χ2n) is 3.71. The van der Waals surface area contributed by atoms with Crippen LogP contribution in [-0.2, 0) is 26.0 Å². The van der Waals surface area contributed by atoms with Crippen molar-refractivity contribution in [2.24, 2.45) is 0 Å². The summed E-state index contributed by atoms with van der Waals surface area (Å²) in [6.07, 6.45) is -0.0157. The lowest BCUT2D eigenvalue weighted by Gasteiger charge is -2.13. The van der Waals surface area contributed by atoms with Crippen LogP contribution in [0.25, 0.3) is 0 Å². The zero-order chi connectivity index (χ0) is 14.4. The van der Waals surface area contributed by atoms with Crippen molar-refractivity contribution < 1.29 is 23.8 Å². The van der Waals surface area contributed by atoms with Gasteiger partial charge in [0.25, 0.3) is 0 Å². The molecule has 19 heavy (non-hydrogen) atoms. The molecule has 0 aromatic heterocycles. The molecule has 0 N–H and O–H groups in total. The van der Waals surface area contributed by atoms with Crippen molar-refractivity contribution in [3.63, 3.8) is 0 Å². The van der Waals surface area contributed by atoms with Crippen LogP contribution in [0.3, 0.4) is 0 Å². The minimum absolute atomic E-state index is 0.0157. The van der Waals surface area contributed by atoms with E-state index in [1.807, 2.05) is 0 Å². The first-order chi connectivity index (χ1) is 9.07. The Hall–Kier alpha value is -1.56. The van der Waals surface area contributed by atoms with Gasteiger partial charge in [-0.25, -0.2) is 4.79 Å². The first-order valence-electron chi connectivity index (χ1n) is 5.48. The SMILES string of the molecule is COC(=O)Cc1cc(CBr)cc(OC)c1C(=O)OC. The van der Waals surface area contributed by atoms with E-state index >= 15 is 0 Å². The lowest BCUT2D eigenvalue weighted by atomic mass is 10.0. The van der Waals surface area contributed by atoms with Gasteiger partial charge in [-0.05, 0) is 17.2 Å². The summed E-state index contributed by atoms with van der Waals surface area (Å²) in [5.74, 6) is -0.599. The summed E-state index contributed by atoms with van der Waals surface area (Å²) in [7, 11) is 4.04. The number of alkyl halides is 1. The molecule has 0 heterocycles. The highest BCUT2D eigenvalue weighted by molar-refractivity contribution is 9.08. The van der Waals surface area contributed by atoms with E-state index in [-0.39, 0.29) is 12.0 Å². The van der Waals surface area contributed by atoms with Crippen molar-refractivity contribution in [2.45, 2.75) is 11.8 Å². The van der Waals surface area contributed by atoms with Crippen LogP contribution < -0.4 is 4.74 Å². The highest BCUT2D eigenvalue weighted by Crippen LogP contribution is 2.27. The molecule has 6 heteroatoms. The van der Waals surface area contributed by atoms with Crippen LogP contribution in [0, 0.1) is 0 Å². The van der Waals surface area contributed by atoms with Crippen molar-refractivity contribution in [1.82, 2.24) is 0 Å². The summed E-state index contributed by atoms with van der Waals surface area (Å²) in [6.45, 7) is 0. The number of hydrogen-bond acceptors (Lipinski definition) is 5. The Labute approximate surface area is 120 Å². The fraction of sp³-hybridized carbons (Fsp3) is 0.385. The molecule has 0 saturated carbocycles. The number of hydrogen-bond donors (Lipinski definition) is 0. The zero-order valence-corrected chi connectivity index (χ0v) is 12.6. The van der Waals surface area contributed by atoms with Gasteiger partial charge >= 0.3 is 11.9 Å². The van der Waals surface area contributed by atoms with Gasteiger partial charge in [-0.1, -0.05) is 22.0 Å². The summed E-state index contributed by atoms with van der Waals surface area (Å²) in [6, 6.07) is 3.47. The molecule has 0 bridgehead atoms. The van der Waals surface area contributed by atoms with Crippen molar-refractivity contribution in [2.75, 3.05) is 21.3 Å². The zero-order valence-electron chi connectivity index (χ0n) is 11.0. The molecule has 0 fully saturated rings. The average Bonchev–Trinajstić information content (AvgIpc) is 2.45. The van der Waals surface area contributed by atoms with Crippen molar-refractivity contribution >= 4 is 27.9 Å². The molecule has 1 aromatic rings. The highest BCUT2D eigenvalue weighted by atomic mass is 79.9. The molecule has 0 spiro atoms. The van der Waals surface area contributed by atoms with E-state index in [2.05, 4.69) is 20.7 Å². The fourth-order valence-corrected chi connectivity index (χ4v) is 2.00. The molecule has 104 valence electrons. The molecule has 0 aliphatic carbocycles. The summed E-state index contributed by atoms with van der Waals surface area (Å²) in [5, 5.41) is 0.582. The van der Waals surface area contributed by atoms with Crippen molar-refractivity contribution in [3.05, 3.63) is 28.8 Å². The lowest BCUT2D eigenvalue weighted by Crippen LogP contribution is -2.13. The van der Waals surface area contributed by atoms with Gasteiger partial charge in [0, 0.05) is 5.33 Å². The number of ether oxygens (including phenoxy) is 3. The average molecular weight is 331 g/mol. The lowest BCUT2D eigenvalue weighted by molar-refractivity contribution is -0.139. The van der Waals surface area contributed by atoms with E-state index < -0.39 is 11.9 Å². The van der Waals surface area contributed by atoms with E-state index in [0.29, 0.717) is 16.6 Å². The Balaban J connectivity index is 3.36. The minimum atomic E-state index is -0.545. The van der Waals surface area contributed by atoms with Crippen molar-refractivity contribution in [3.8, 4) is 5.75 Å². The third kappa shape index (κ3) is 3.70. The van der Waals surface area contributed by atoms with Crippen LogP contribution in [0.15, 0.2) is 12.1 Å². The van der Waals surface area contributed by atoms with E-state index in [9.17, 15) is 9.59 Å². The quantitative estimate of drug-likeness (QED) is 0.611. The molecular formula is C13H15BrO5. The summed E-state index contributed by atoms with van der Waals surface area (Å²) >= 11 is 3.33. The molecule has 0 amide bonds. The van der Waals surface area contributed by atoms with E-state index in [0.717, 1.165) is 5.56 Å². The predicted molar refractivity (Wildman–Crippen MR) is 72.7 cm³/mol. The summed E-state index contributed by atoms with van der Waals surface area (Å²) in [5.41, 5.74) is 1.66. The van der Waals surface area contributed by atoms with Crippen LogP contribution in [0.1, 0.15) is 21.5 Å². The standard InChI is InChI=1S/C13H15BrO5/c1-17-10-5-8(7-14)4-9(6-11(15)18-2)12(10)13(16)19-3/h4-5H,6-7H2,1-3H3. The molecule has 0 atom stereocenters. The Kier molecular flexibility index (Phi) is 5.82. The fourth-order valence-electron chi connectivity index (χ4n) is 1.68. The minimum Gasteiger partial charge on any atom is -0.496 e. The van der Waals surface area contributed by atoms with Gasteiger partial charge in [-0.15, -0.1) is 0 Å². The van der Waals surface area contributed by atoms with Crippen LogP contribution in [0.2, 0.25) is 0 Å². The highest BCUT2D eigenvalue weighted by Gasteiger charge is 2.21. The van der Waals surface area contributed by atoms with Gasteiger partial charge in [-0.2, -0.15) is 0 Å². The van der Waals surface area contributed by atoms with Gasteiger partial charge in [0.15, 0.2) is 0 Å². The maximum atomic E-state index is 11.8. The number of esters is 2. The van der Waals surface area contributed by atoms with E-state index in [1.165, 1.54) is 21.3 Å². The molecule has 5 nitrogen and oxygen atoms in total. The number of carbonyl (C=O) groups is 2. The summed E-state index contributed by atoms with van der Waals surface area (Å²) in [4.78, 5) is 23.2. The van der Waals surface area contributed by atoms with Crippen molar-refractivity contribution in [1.29, 1.82) is 0 Å². The first-order valence-corrected chi connectivity index (χ1v) is 6.60. The first kappa shape index (κ1) is 15.5. The Bertz CT molecular complexity index is 484. The largest absolute Gasteiger partial charge is 0.496 e. The molecule has 0 saturated heterocycles. The van der Waals surface area contributed by atoms with Crippen LogP contribution in [-0.4, -0.2) is 33.3 Å². The van der Waals surface area contributed by atoms with Gasteiger partial charge < -0.3 is 14.2 Å². The second kappa shape index (κ2) is 7.13. The van der Waals surface area contributed by atoms with E-state index in [4.69, 9.17) is 9.47 Å². The van der Waals surface area contributed by atoms with Gasteiger partial charge in [0.2, 0.25) is 0 Å². The molecule has 0 aliphatic rings. The van der Waals surface area contributed by atoms with Gasteiger partial charge in [0.05, 0.1) is 27.8 Å². The number of benzene rings is 1. The maximum absolute atomic E-state index is 11.8. The molecule has 0 unspecified atom stereocenters.